The fourth-order valence-corrected chi connectivity index (χ4v) is 12.9. The summed E-state index contributed by atoms with van der Waals surface area (Å²) in [5, 5.41) is 46.6. The first kappa shape index (κ1) is 66.0. The molecule has 3 aromatic heterocycles. The van der Waals surface area contributed by atoms with Crippen LogP contribution in [0.5, 0.6) is 0 Å². The SMILES string of the molecule is C#Cc1nc2c(nc1C#N)c1nc(C#N)c(C#N)nc1c1nc(C#N)c(C#N)nc21.c1ccc(N(c2ccccc2)c2ccc(-c3ccc(N(c4ccccc4)c4ccc(-c5ccc(N(c6ccccc6)c6ccc(-c7ccc(N(c8ccccc8)c8ccccc8)cc7)cc6)cc5)cc4)cc3)cc2)cc1. The van der Waals surface area contributed by atoms with Crippen LogP contribution in [0.4, 0.5) is 68.2 Å². The van der Waals surface area contributed by atoms with E-state index in [-0.39, 0.29) is 67.3 Å². The molecule has 0 spiro atoms. The number of rotatable bonds is 15. The minimum absolute atomic E-state index is 0.00758. The van der Waals surface area contributed by atoms with Gasteiger partial charge in [-0.2, -0.15) is 26.3 Å². The molecular weight excluding hydrogens is 1300 g/mol. The summed E-state index contributed by atoms with van der Waals surface area (Å²) in [7, 11) is 0. The molecule has 3 heterocycles. The molecule has 13 aromatic carbocycles. The fourth-order valence-electron chi connectivity index (χ4n) is 12.9. The van der Waals surface area contributed by atoms with Crippen molar-refractivity contribution >= 4 is 101 Å². The van der Waals surface area contributed by atoms with E-state index in [1.165, 1.54) is 0 Å². The van der Waals surface area contributed by atoms with Gasteiger partial charge in [-0.15, -0.1) is 6.42 Å². The molecule has 0 bridgehead atoms. The van der Waals surface area contributed by atoms with Crippen LogP contribution in [0.2, 0.25) is 0 Å². The van der Waals surface area contributed by atoms with Crippen molar-refractivity contribution in [1.82, 2.24) is 29.9 Å². The molecular formula is C91H55N15. The predicted octanol–water partition coefficient (Wildman–Crippen LogP) is 21.4. The monoisotopic (exact) mass is 1360 g/mol. The zero-order valence-electron chi connectivity index (χ0n) is 56.5. The quantitative estimate of drug-likeness (QED) is 0.0690. The number of terminal acetylenes is 1. The van der Waals surface area contributed by atoms with Crippen molar-refractivity contribution in [3.8, 4) is 76.1 Å². The summed E-state index contributed by atoms with van der Waals surface area (Å²) in [6.07, 6.45) is 5.42. The molecule has 16 aromatic rings. The molecule has 0 aliphatic carbocycles. The third kappa shape index (κ3) is 13.3. The molecule has 15 heteroatoms. The average Bonchev–Trinajstić information content (AvgIpc) is 0.726. The van der Waals surface area contributed by atoms with Gasteiger partial charge >= 0.3 is 0 Å². The van der Waals surface area contributed by atoms with E-state index in [0.717, 1.165) is 102 Å². The molecule has 0 aliphatic rings. The van der Waals surface area contributed by atoms with Gasteiger partial charge in [-0.25, -0.2) is 29.9 Å². The third-order valence-corrected chi connectivity index (χ3v) is 17.9. The van der Waals surface area contributed by atoms with Gasteiger partial charge in [0.15, 0.2) is 28.5 Å². The smallest absolute Gasteiger partial charge is 0.177 e. The average molecular weight is 1360 g/mol. The van der Waals surface area contributed by atoms with Crippen LogP contribution in [0, 0.1) is 69.0 Å². The number of para-hydroxylation sites is 6. The molecule has 0 N–H and O–H groups in total. The lowest BCUT2D eigenvalue weighted by Gasteiger charge is -2.26. The van der Waals surface area contributed by atoms with Crippen molar-refractivity contribution in [2.24, 2.45) is 0 Å². The number of benzene rings is 13. The maximum Gasteiger partial charge on any atom is 0.177 e. The molecule has 0 aliphatic heterocycles. The van der Waals surface area contributed by atoms with Gasteiger partial charge in [-0.1, -0.05) is 182 Å². The van der Waals surface area contributed by atoms with Crippen LogP contribution in [0.1, 0.15) is 34.2 Å². The molecule has 0 fully saturated rings. The summed E-state index contributed by atoms with van der Waals surface area (Å²) in [5.74, 6) is 2.25. The summed E-state index contributed by atoms with van der Waals surface area (Å²) in [5.41, 5.74) is 19.0. The van der Waals surface area contributed by atoms with Gasteiger partial charge in [0.2, 0.25) is 0 Å². The van der Waals surface area contributed by atoms with E-state index in [2.05, 4.69) is 383 Å². The van der Waals surface area contributed by atoms with Crippen LogP contribution in [0.3, 0.4) is 0 Å². The van der Waals surface area contributed by atoms with E-state index >= 15 is 0 Å². The van der Waals surface area contributed by atoms with Crippen LogP contribution in [0.25, 0.3) is 66.5 Å². The molecule has 0 amide bonds. The molecule has 494 valence electrons. The Hall–Kier alpha value is -15.9. The van der Waals surface area contributed by atoms with E-state index in [1.807, 2.05) is 6.07 Å². The molecule has 16 rings (SSSR count). The number of nitrogens with zero attached hydrogens (tertiary/aromatic N) is 15. The van der Waals surface area contributed by atoms with Crippen molar-refractivity contribution in [3.05, 3.63) is 362 Å². The van der Waals surface area contributed by atoms with Gasteiger partial charge in [0.05, 0.1) is 0 Å². The second kappa shape index (κ2) is 29.9. The van der Waals surface area contributed by atoms with Crippen molar-refractivity contribution in [2.45, 2.75) is 0 Å². The molecule has 15 nitrogen and oxygen atoms in total. The molecule has 0 saturated carbocycles. The summed E-state index contributed by atoms with van der Waals surface area (Å²) in [6, 6.07) is 126. The minimum Gasteiger partial charge on any atom is -0.311 e. The van der Waals surface area contributed by atoms with E-state index < -0.39 is 0 Å². The van der Waals surface area contributed by atoms with Crippen LogP contribution >= 0.6 is 0 Å². The number of fused-ring (bicyclic) bond motifs is 6. The van der Waals surface area contributed by atoms with E-state index in [0.29, 0.717) is 0 Å². The number of hydrogen-bond acceptors (Lipinski definition) is 15. The minimum atomic E-state index is -0.274. The molecule has 106 heavy (non-hydrogen) atoms. The van der Waals surface area contributed by atoms with Crippen LogP contribution in [-0.2, 0) is 0 Å². The molecule has 0 radical (unpaired) electrons. The molecule has 0 unspecified atom stereocenters. The number of hydrogen-bond donors (Lipinski definition) is 0. The van der Waals surface area contributed by atoms with E-state index in [9.17, 15) is 26.3 Å². The lowest BCUT2D eigenvalue weighted by atomic mass is 10.0. The Labute approximate surface area is 611 Å². The van der Waals surface area contributed by atoms with E-state index in [1.54, 1.807) is 24.3 Å². The zero-order valence-corrected chi connectivity index (χ0v) is 56.5. The van der Waals surface area contributed by atoms with Crippen LogP contribution in [-0.4, -0.2) is 29.9 Å². The fraction of sp³-hybridized carbons (Fsp3) is 0. The lowest BCUT2D eigenvalue weighted by Crippen LogP contribution is -2.10. The van der Waals surface area contributed by atoms with Crippen LogP contribution in [0.15, 0.2) is 328 Å². The Kier molecular flexibility index (Phi) is 18.6. The Balaban J connectivity index is 0.000000250. The normalized spacial score (nSPS) is 10.6. The second-order valence-electron chi connectivity index (χ2n) is 24.2. The van der Waals surface area contributed by atoms with Gasteiger partial charge < -0.3 is 19.6 Å². The Bertz CT molecular complexity index is 5460. The highest BCUT2D eigenvalue weighted by Crippen LogP contribution is 2.42. The maximum atomic E-state index is 9.34. The first-order valence-electron chi connectivity index (χ1n) is 33.7. The third-order valence-electron chi connectivity index (χ3n) is 17.9. The molecule has 0 atom stereocenters. The van der Waals surface area contributed by atoms with Crippen molar-refractivity contribution < 1.29 is 0 Å². The Morgan fingerprint density at radius 2 is 0.311 bits per heavy atom. The predicted molar refractivity (Wildman–Crippen MR) is 419 cm³/mol. The summed E-state index contributed by atoms with van der Waals surface area (Å²) in [6.45, 7) is 0. The van der Waals surface area contributed by atoms with Gasteiger partial charge in [0.1, 0.15) is 69.1 Å². The Morgan fingerprint density at radius 1 is 0.179 bits per heavy atom. The summed E-state index contributed by atoms with van der Waals surface area (Å²) >= 11 is 0. The first-order valence-corrected chi connectivity index (χ1v) is 33.7. The highest BCUT2D eigenvalue weighted by Gasteiger charge is 2.24. The second-order valence-corrected chi connectivity index (χ2v) is 24.2. The van der Waals surface area contributed by atoms with Crippen molar-refractivity contribution in [3.63, 3.8) is 0 Å². The maximum absolute atomic E-state index is 9.34. The zero-order chi connectivity index (χ0) is 72.3. The number of aromatic nitrogens is 6. The standard InChI is InChI=1S/C72H54N4.C19HN11/c1-7-19-61(20-8-1)73(62-21-9-2-10-22-62)67-43-31-55(32-44-67)57-35-47-69(48-36-57)75(65-27-15-5-16-28-65)71-51-39-59(40-52-71)60-41-53-72(54-42-60)76(66-29-17-6-18-30-66)70-49-37-58(38-50-70)56-33-45-68(46-34-56)74(63-23-11-3-12-24-63)64-25-13-4-14-26-64;1-2-8-9(3-20)26-15-14(25-8)16-18(29-11(5-22)10(4-21)27-16)19-17(15)28-12(6-23)13(7-24)30-19/h1-54H;1H. The largest absolute Gasteiger partial charge is 0.311 e. The van der Waals surface area contributed by atoms with Gasteiger partial charge in [0.25, 0.3) is 0 Å². The van der Waals surface area contributed by atoms with Crippen molar-refractivity contribution in [1.29, 1.82) is 26.3 Å². The van der Waals surface area contributed by atoms with Crippen molar-refractivity contribution in [2.75, 3.05) is 19.6 Å². The first-order chi connectivity index (χ1) is 52.3. The highest BCUT2D eigenvalue weighted by molar-refractivity contribution is 6.18. The van der Waals surface area contributed by atoms with Crippen LogP contribution < -0.4 is 19.6 Å². The Morgan fingerprint density at radius 3 is 0.453 bits per heavy atom. The lowest BCUT2D eigenvalue weighted by molar-refractivity contribution is 1.16. The number of anilines is 12. The highest BCUT2D eigenvalue weighted by atomic mass is 15.2. The van der Waals surface area contributed by atoms with Gasteiger partial charge in [0, 0.05) is 68.2 Å². The topological polar surface area (TPSA) is 209 Å². The summed E-state index contributed by atoms with van der Waals surface area (Å²) in [4.78, 5) is 34.2. The summed E-state index contributed by atoms with van der Waals surface area (Å²) < 4.78 is 0. The van der Waals surface area contributed by atoms with Gasteiger partial charge in [-0.3, -0.25) is 0 Å². The molecule has 0 saturated heterocycles. The number of nitriles is 5. The van der Waals surface area contributed by atoms with E-state index in [4.69, 9.17) is 6.42 Å². The van der Waals surface area contributed by atoms with Gasteiger partial charge in [-0.05, 0) is 185 Å².